The third kappa shape index (κ3) is 4.44. The Morgan fingerprint density at radius 1 is 1.24 bits per heavy atom. The maximum absolute atomic E-state index is 12.0. The summed E-state index contributed by atoms with van der Waals surface area (Å²) in [6, 6.07) is 10.9. The van der Waals surface area contributed by atoms with E-state index in [1.165, 1.54) is 18.4 Å². The zero-order valence-corrected chi connectivity index (χ0v) is 19.4. The normalized spacial score (nSPS) is 15.6. The number of benzene rings is 2. The van der Waals surface area contributed by atoms with Gasteiger partial charge in [-0.05, 0) is 54.8 Å². The number of methoxy groups -OCH3 is 1. The quantitative estimate of drug-likeness (QED) is 0.333. The van der Waals surface area contributed by atoms with Crippen LogP contribution in [0.25, 0.3) is 11.3 Å². The lowest BCUT2D eigenvalue weighted by Gasteiger charge is -2.18. The van der Waals surface area contributed by atoms with Crippen LogP contribution >= 0.6 is 11.3 Å². The predicted octanol–water partition coefficient (Wildman–Crippen LogP) is 3.28. The number of carbonyl (C=O) groups excluding carboxylic acids is 2. The van der Waals surface area contributed by atoms with Gasteiger partial charge in [-0.15, -0.1) is 11.3 Å². The van der Waals surface area contributed by atoms with Crippen molar-refractivity contribution in [2.75, 3.05) is 26.1 Å². The molecule has 0 unspecified atom stereocenters. The average Bonchev–Trinajstić information content (AvgIpc) is 3.62. The number of thiazole rings is 1. The van der Waals surface area contributed by atoms with E-state index >= 15 is 0 Å². The van der Waals surface area contributed by atoms with Crippen molar-refractivity contribution in [2.24, 2.45) is 16.0 Å². The number of nitrogens with zero attached hydrogens (tertiary/aromatic N) is 3. The maximum atomic E-state index is 12.0. The van der Waals surface area contributed by atoms with Crippen LogP contribution in [0.5, 0.6) is 17.2 Å². The van der Waals surface area contributed by atoms with Gasteiger partial charge in [-0.25, -0.2) is 4.68 Å². The monoisotopic (exact) mass is 478 g/mol. The number of nitrogens with one attached hydrogen (secondary N) is 1. The maximum Gasteiger partial charge on any atom is 0.314 e. The molecule has 0 spiro atoms. The largest absolute Gasteiger partial charge is 0.493 e. The van der Waals surface area contributed by atoms with Crippen molar-refractivity contribution in [3.8, 4) is 28.5 Å². The molecule has 1 N–H and O–H groups in total. The SMILES string of the molecule is CN=c1scc(-c2ccc3c(c2)NC(=O)CO3)n1N=Cc1ccc(OC(=O)C2CC2)c(OC)c1. The van der Waals surface area contributed by atoms with Crippen molar-refractivity contribution in [1.29, 1.82) is 0 Å². The number of anilines is 1. The smallest absolute Gasteiger partial charge is 0.314 e. The summed E-state index contributed by atoms with van der Waals surface area (Å²) in [5.74, 6) is 1.06. The van der Waals surface area contributed by atoms with Crippen LogP contribution in [0.3, 0.4) is 0 Å². The molecule has 1 aromatic heterocycles. The molecule has 10 heteroatoms. The lowest BCUT2D eigenvalue weighted by molar-refractivity contribution is -0.135. The van der Waals surface area contributed by atoms with E-state index in [4.69, 9.17) is 14.2 Å². The van der Waals surface area contributed by atoms with Crippen LogP contribution in [0, 0.1) is 5.92 Å². The summed E-state index contributed by atoms with van der Waals surface area (Å²) in [6.45, 7) is 0.00991. The topological polar surface area (TPSA) is 104 Å². The predicted molar refractivity (Wildman–Crippen MR) is 128 cm³/mol. The average molecular weight is 479 g/mol. The highest BCUT2D eigenvalue weighted by Crippen LogP contribution is 2.35. The molecule has 1 saturated carbocycles. The number of aromatic nitrogens is 1. The van der Waals surface area contributed by atoms with E-state index in [0.29, 0.717) is 27.7 Å². The number of hydrogen-bond acceptors (Lipinski definition) is 8. The van der Waals surface area contributed by atoms with E-state index in [1.54, 1.807) is 30.1 Å². The van der Waals surface area contributed by atoms with E-state index in [-0.39, 0.29) is 24.4 Å². The molecule has 1 amide bonds. The Kier molecular flexibility index (Phi) is 5.89. The van der Waals surface area contributed by atoms with Gasteiger partial charge in [0.05, 0.1) is 30.6 Å². The fraction of sp³-hybridized carbons (Fsp3) is 0.250. The lowest BCUT2D eigenvalue weighted by atomic mass is 10.1. The second kappa shape index (κ2) is 9.14. The summed E-state index contributed by atoms with van der Waals surface area (Å²) in [7, 11) is 3.23. The molecule has 2 aromatic carbocycles. The molecule has 0 radical (unpaired) electrons. The molecule has 1 aliphatic carbocycles. The van der Waals surface area contributed by atoms with Crippen molar-refractivity contribution in [1.82, 2.24) is 4.68 Å². The third-order valence-electron chi connectivity index (χ3n) is 5.42. The highest BCUT2D eigenvalue weighted by Gasteiger charge is 2.32. The van der Waals surface area contributed by atoms with Crippen LogP contribution in [0.4, 0.5) is 5.69 Å². The van der Waals surface area contributed by atoms with Crippen molar-refractivity contribution >= 4 is 35.1 Å². The molecule has 5 rings (SSSR count). The first-order chi connectivity index (χ1) is 16.6. The zero-order chi connectivity index (χ0) is 23.7. The molecule has 0 saturated heterocycles. The van der Waals surface area contributed by atoms with Gasteiger partial charge in [0.1, 0.15) is 5.75 Å². The first kappa shape index (κ1) is 21.9. The second-order valence-corrected chi connectivity index (χ2v) is 8.67. The second-order valence-electron chi connectivity index (χ2n) is 7.84. The molecular formula is C24H22N4O5S. The fourth-order valence-electron chi connectivity index (χ4n) is 3.49. The number of ether oxygens (including phenoxy) is 3. The molecule has 0 bridgehead atoms. The summed E-state index contributed by atoms with van der Waals surface area (Å²) < 4.78 is 18.1. The highest BCUT2D eigenvalue weighted by atomic mass is 32.1. The standard InChI is InChI=1S/C24H22N4O5S/c1-25-24-28(18(13-34-24)16-6-8-19-17(10-16)27-22(29)12-32-19)26-11-14-3-7-20(21(9-14)31-2)33-23(30)15-4-5-15/h3,6-11,13,15H,4-5,12H2,1-2H3,(H,27,29). The Morgan fingerprint density at radius 3 is 2.85 bits per heavy atom. The van der Waals surface area contributed by atoms with Gasteiger partial charge in [0.15, 0.2) is 18.1 Å². The minimum Gasteiger partial charge on any atom is -0.493 e. The number of rotatable bonds is 6. The van der Waals surface area contributed by atoms with Crippen LogP contribution in [0.15, 0.2) is 51.9 Å². The van der Waals surface area contributed by atoms with Crippen LogP contribution in [0.2, 0.25) is 0 Å². The van der Waals surface area contributed by atoms with Gasteiger partial charge in [0, 0.05) is 18.0 Å². The number of hydrogen-bond donors (Lipinski definition) is 1. The molecule has 0 atom stereocenters. The summed E-state index contributed by atoms with van der Waals surface area (Å²) in [4.78, 5) is 28.7. The Bertz CT molecular complexity index is 1370. The summed E-state index contributed by atoms with van der Waals surface area (Å²) in [6.07, 6.45) is 3.43. The van der Waals surface area contributed by atoms with Crippen LogP contribution in [-0.4, -0.2) is 43.5 Å². The highest BCUT2D eigenvalue weighted by molar-refractivity contribution is 7.07. The molecular weight excluding hydrogens is 456 g/mol. The Hall–Kier alpha value is -3.92. The molecule has 34 heavy (non-hydrogen) atoms. The molecule has 1 aliphatic heterocycles. The van der Waals surface area contributed by atoms with Gasteiger partial charge < -0.3 is 19.5 Å². The molecule has 9 nitrogen and oxygen atoms in total. The fourth-order valence-corrected chi connectivity index (χ4v) is 4.29. The molecule has 2 heterocycles. The first-order valence-corrected chi connectivity index (χ1v) is 11.6. The van der Waals surface area contributed by atoms with Gasteiger partial charge >= 0.3 is 5.97 Å². The number of carbonyl (C=O) groups is 2. The van der Waals surface area contributed by atoms with Crippen LogP contribution < -0.4 is 24.3 Å². The Morgan fingerprint density at radius 2 is 2.09 bits per heavy atom. The van der Waals surface area contributed by atoms with Gasteiger partial charge in [-0.3, -0.25) is 14.6 Å². The van der Waals surface area contributed by atoms with Crippen LogP contribution in [0.1, 0.15) is 18.4 Å². The van der Waals surface area contributed by atoms with E-state index in [0.717, 1.165) is 29.7 Å². The zero-order valence-electron chi connectivity index (χ0n) is 18.6. The van der Waals surface area contributed by atoms with Crippen molar-refractivity contribution in [2.45, 2.75) is 12.8 Å². The molecule has 2 aliphatic rings. The van der Waals surface area contributed by atoms with E-state index < -0.39 is 0 Å². The summed E-state index contributed by atoms with van der Waals surface area (Å²) in [5, 5.41) is 9.42. The number of amides is 1. The Balaban J connectivity index is 1.44. The van der Waals surface area contributed by atoms with Crippen molar-refractivity contribution in [3.63, 3.8) is 0 Å². The summed E-state index contributed by atoms with van der Waals surface area (Å²) in [5.41, 5.74) is 3.05. The first-order valence-electron chi connectivity index (χ1n) is 10.7. The van der Waals surface area contributed by atoms with Gasteiger partial charge in [-0.2, -0.15) is 5.10 Å². The van der Waals surface area contributed by atoms with Crippen molar-refractivity contribution in [3.05, 3.63) is 52.1 Å². The summed E-state index contributed by atoms with van der Waals surface area (Å²) >= 11 is 1.45. The molecule has 3 aromatic rings. The lowest BCUT2D eigenvalue weighted by Crippen LogP contribution is -2.25. The number of esters is 1. The van der Waals surface area contributed by atoms with E-state index in [2.05, 4.69) is 15.4 Å². The molecule has 174 valence electrons. The minimum absolute atomic E-state index is 0.000880. The van der Waals surface area contributed by atoms with Gasteiger partial charge in [0.25, 0.3) is 5.91 Å². The van der Waals surface area contributed by atoms with Gasteiger partial charge in [0.2, 0.25) is 4.80 Å². The number of fused-ring (bicyclic) bond motifs is 1. The molecule has 1 fully saturated rings. The van der Waals surface area contributed by atoms with Crippen molar-refractivity contribution < 1.29 is 23.8 Å². The van der Waals surface area contributed by atoms with E-state index in [1.807, 2.05) is 29.6 Å². The van der Waals surface area contributed by atoms with Crippen LogP contribution in [-0.2, 0) is 9.59 Å². The van der Waals surface area contributed by atoms with E-state index in [9.17, 15) is 9.59 Å². The van der Waals surface area contributed by atoms with Gasteiger partial charge in [-0.1, -0.05) is 0 Å². The third-order valence-corrected chi connectivity index (χ3v) is 6.32. The Labute approximate surface area is 199 Å². The minimum atomic E-state index is -0.223.